The summed E-state index contributed by atoms with van der Waals surface area (Å²) in [6.07, 6.45) is 0.849. The summed E-state index contributed by atoms with van der Waals surface area (Å²) in [6.45, 7) is 0. The van der Waals surface area contributed by atoms with Gasteiger partial charge in [-0.2, -0.15) is 0 Å². The Kier molecular flexibility index (Phi) is 2.99. The zero-order valence-corrected chi connectivity index (χ0v) is 10.3. The minimum Gasteiger partial charge on any atom is -0.355 e. The number of carbonyl (C=O) groups is 1. The van der Waals surface area contributed by atoms with Crippen LogP contribution in [0.4, 0.5) is 11.4 Å². The van der Waals surface area contributed by atoms with Gasteiger partial charge in [-0.1, -0.05) is 36.4 Å². The van der Waals surface area contributed by atoms with Gasteiger partial charge in [0.05, 0.1) is 0 Å². The third-order valence-corrected chi connectivity index (χ3v) is 3.12. The highest BCUT2D eigenvalue weighted by atomic mass is 16.1. The second-order valence-corrected chi connectivity index (χ2v) is 4.39. The van der Waals surface area contributed by atoms with Crippen LogP contribution in [0.1, 0.15) is 10.4 Å². The Morgan fingerprint density at radius 2 is 1.53 bits per heavy atom. The molecule has 0 aromatic heterocycles. The monoisotopic (exact) mass is 247 g/mol. The summed E-state index contributed by atoms with van der Waals surface area (Å²) in [4.78, 5) is 10.6. The summed E-state index contributed by atoms with van der Waals surface area (Å²) in [5.74, 6) is 0. The van der Waals surface area contributed by atoms with Gasteiger partial charge < -0.3 is 5.32 Å². The van der Waals surface area contributed by atoms with Crippen molar-refractivity contribution in [2.45, 2.75) is 0 Å². The molecule has 0 fully saturated rings. The van der Waals surface area contributed by atoms with Gasteiger partial charge in [0.2, 0.25) is 0 Å². The van der Waals surface area contributed by atoms with Crippen LogP contribution in [0.25, 0.3) is 10.8 Å². The lowest BCUT2D eigenvalue weighted by Gasteiger charge is -2.09. The van der Waals surface area contributed by atoms with Crippen molar-refractivity contribution in [3.8, 4) is 0 Å². The molecular formula is C17H13NO. The van der Waals surface area contributed by atoms with Crippen molar-refractivity contribution in [2.75, 3.05) is 5.32 Å². The maximum Gasteiger partial charge on any atom is 0.150 e. The van der Waals surface area contributed by atoms with Crippen LogP contribution in [0.5, 0.6) is 0 Å². The second kappa shape index (κ2) is 4.94. The van der Waals surface area contributed by atoms with Gasteiger partial charge in [-0.05, 0) is 35.7 Å². The lowest BCUT2D eigenvalue weighted by atomic mass is 10.1. The van der Waals surface area contributed by atoms with E-state index in [9.17, 15) is 4.79 Å². The van der Waals surface area contributed by atoms with Crippen molar-refractivity contribution in [1.29, 1.82) is 0 Å². The Hall–Kier alpha value is -2.61. The van der Waals surface area contributed by atoms with E-state index in [1.165, 1.54) is 10.8 Å². The van der Waals surface area contributed by atoms with Gasteiger partial charge in [0.15, 0.2) is 0 Å². The Morgan fingerprint density at radius 3 is 2.32 bits per heavy atom. The Labute approximate surface area is 111 Å². The standard InChI is InChI=1S/C17H13NO/c19-12-13-8-10-15(11-9-13)18-17-7-3-5-14-4-1-2-6-16(14)17/h1-12,18H. The Bertz CT molecular complexity index is 711. The molecule has 0 amide bonds. The molecule has 0 saturated heterocycles. The smallest absolute Gasteiger partial charge is 0.150 e. The number of fused-ring (bicyclic) bond motifs is 1. The van der Waals surface area contributed by atoms with Gasteiger partial charge >= 0.3 is 0 Å². The highest BCUT2D eigenvalue weighted by molar-refractivity contribution is 5.95. The Balaban J connectivity index is 1.98. The van der Waals surface area contributed by atoms with E-state index in [-0.39, 0.29) is 0 Å². The molecular weight excluding hydrogens is 234 g/mol. The lowest BCUT2D eigenvalue weighted by molar-refractivity contribution is 0.112. The Morgan fingerprint density at radius 1 is 0.789 bits per heavy atom. The molecule has 3 rings (SSSR count). The van der Waals surface area contributed by atoms with Crippen molar-refractivity contribution < 1.29 is 4.79 Å². The molecule has 0 aliphatic carbocycles. The predicted octanol–water partition coefficient (Wildman–Crippen LogP) is 4.40. The zero-order chi connectivity index (χ0) is 13.1. The third kappa shape index (κ3) is 2.33. The number of rotatable bonds is 3. The highest BCUT2D eigenvalue weighted by Gasteiger charge is 2.00. The number of benzene rings is 3. The summed E-state index contributed by atoms with van der Waals surface area (Å²) in [7, 11) is 0. The fourth-order valence-electron chi connectivity index (χ4n) is 2.13. The van der Waals surface area contributed by atoms with Gasteiger partial charge in [-0.25, -0.2) is 0 Å². The summed E-state index contributed by atoms with van der Waals surface area (Å²) < 4.78 is 0. The SMILES string of the molecule is O=Cc1ccc(Nc2cccc3ccccc23)cc1. The van der Waals surface area contributed by atoms with E-state index >= 15 is 0 Å². The van der Waals surface area contributed by atoms with Crippen molar-refractivity contribution in [1.82, 2.24) is 0 Å². The molecule has 0 unspecified atom stereocenters. The normalized spacial score (nSPS) is 10.3. The van der Waals surface area contributed by atoms with Crippen LogP contribution in [-0.2, 0) is 0 Å². The van der Waals surface area contributed by atoms with Crippen LogP contribution >= 0.6 is 0 Å². The summed E-state index contributed by atoms with van der Waals surface area (Å²) in [6, 6.07) is 21.9. The minimum absolute atomic E-state index is 0.684. The average molecular weight is 247 g/mol. The van der Waals surface area contributed by atoms with Gasteiger partial charge in [-0.15, -0.1) is 0 Å². The molecule has 2 nitrogen and oxygen atoms in total. The summed E-state index contributed by atoms with van der Waals surface area (Å²) >= 11 is 0. The molecule has 92 valence electrons. The van der Waals surface area contributed by atoms with Crippen LogP contribution < -0.4 is 5.32 Å². The third-order valence-electron chi connectivity index (χ3n) is 3.12. The summed E-state index contributed by atoms with van der Waals surface area (Å²) in [5, 5.41) is 5.77. The molecule has 0 heterocycles. The quantitative estimate of drug-likeness (QED) is 0.695. The number of aldehydes is 1. The zero-order valence-electron chi connectivity index (χ0n) is 10.3. The molecule has 2 heteroatoms. The molecule has 0 atom stereocenters. The van der Waals surface area contributed by atoms with E-state index < -0.39 is 0 Å². The van der Waals surface area contributed by atoms with Gasteiger partial charge in [0.25, 0.3) is 0 Å². The lowest BCUT2D eigenvalue weighted by Crippen LogP contribution is -1.91. The molecule has 0 radical (unpaired) electrons. The fraction of sp³-hybridized carbons (Fsp3) is 0. The van der Waals surface area contributed by atoms with E-state index in [4.69, 9.17) is 0 Å². The van der Waals surface area contributed by atoms with E-state index in [0.717, 1.165) is 17.7 Å². The van der Waals surface area contributed by atoms with E-state index in [1.807, 2.05) is 30.3 Å². The fourth-order valence-corrected chi connectivity index (χ4v) is 2.13. The minimum atomic E-state index is 0.684. The first-order valence-corrected chi connectivity index (χ1v) is 6.17. The first-order valence-electron chi connectivity index (χ1n) is 6.17. The first-order chi connectivity index (χ1) is 9.36. The van der Waals surface area contributed by atoms with Crippen LogP contribution in [0.15, 0.2) is 66.7 Å². The predicted molar refractivity (Wildman–Crippen MR) is 79.1 cm³/mol. The number of hydrogen-bond donors (Lipinski definition) is 1. The van der Waals surface area contributed by atoms with E-state index in [0.29, 0.717) is 5.56 Å². The van der Waals surface area contributed by atoms with E-state index in [2.05, 4.69) is 29.6 Å². The van der Waals surface area contributed by atoms with Crippen LogP contribution in [-0.4, -0.2) is 6.29 Å². The summed E-state index contributed by atoms with van der Waals surface area (Å²) in [5.41, 5.74) is 2.72. The maximum atomic E-state index is 10.6. The van der Waals surface area contributed by atoms with Gasteiger partial charge in [-0.3, -0.25) is 4.79 Å². The highest BCUT2D eigenvalue weighted by Crippen LogP contribution is 2.26. The van der Waals surface area contributed by atoms with Crippen molar-refractivity contribution >= 4 is 28.4 Å². The molecule has 0 saturated carbocycles. The second-order valence-electron chi connectivity index (χ2n) is 4.39. The van der Waals surface area contributed by atoms with Crippen LogP contribution in [0, 0.1) is 0 Å². The number of carbonyl (C=O) groups excluding carboxylic acids is 1. The van der Waals surface area contributed by atoms with Gasteiger partial charge in [0, 0.05) is 22.3 Å². The number of anilines is 2. The molecule has 3 aromatic rings. The van der Waals surface area contributed by atoms with Crippen molar-refractivity contribution in [2.24, 2.45) is 0 Å². The van der Waals surface area contributed by atoms with Crippen LogP contribution in [0.3, 0.4) is 0 Å². The largest absolute Gasteiger partial charge is 0.355 e. The molecule has 0 bridgehead atoms. The van der Waals surface area contributed by atoms with Crippen LogP contribution in [0.2, 0.25) is 0 Å². The first kappa shape index (κ1) is 11.5. The maximum absolute atomic E-state index is 10.6. The van der Waals surface area contributed by atoms with E-state index in [1.54, 1.807) is 12.1 Å². The molecule has 0 spiro atoms. The topological polar surface area (TPSA) is 29.1 Å². The molecule has 3 aromatic carbocycles. The number of nitrogens with one attached hydrogen (secondary N) is 1. The molecule has 1 N–H and O–H groups in total. The number of hydrogen-bond acceptors (Lipinski definition) is 2. The molecule has 19 heavy (non-hydrogen) atoms. The van der Waals surface area contributed by atoms with Gasteiger partial charge in [0.1, 0.15) is 6.29 Å². The van der Waals surface area contributed by atoms with Crippen molar-refractivity contribution in [3.05, 3.63) is 72.3 Å². The molecule has 0 aliphatic heterocycles. The van der Waals surface area contributed by atoms with Crippen molar-refractivity contribution in [3.63, 3.8) is 0 Å². The molecule has 0 aliphatic rings. The average Bonchev–Trinajstić information content (AvgIpc) is 2.48.